The van der Waals surface area contributed by atoms with Gasteiger partial charge >= 0.3 is 0 Å². The maximum atomic E-state index is 12.4. The lowest BCUT2D eigenvalue weighted by molar-refractivity contribution is 0.0966. The third-order valence-corrected chi connectivity index (χ3v) is 5.03. The zero-order valence-corrected chi connectivity index (χ0v) is 15.8. The van der Waals surface area contributed by atoms with E-state index in [1.54, 1.807) is 25.4 Å². The number of anilines is 1. The molecule has 2 N–H and O–H groups in total. The van der Waals surface area contributed by atoms with Crippen LogP contribution in [0.2, 0.25) is 15.1 Å². The molecule has 6 nitrogen and oxygen atoms in total. The Labute approximate surface area is 162 Å². The number of nitrogens with zero attached hydrogens (tertiary/aromatic N) is 3. The minimum absolute atomic E-state index is 0.289. The highest BCUT2D eigenvalue weighted by atomic mass is 35.5. The monoisotopic (exact) mass is 413 g/mol. The van der Waals surface area contributed by atoms with Crippen LogP contribution in [0.1, 0.15) is 15.4 Å². The Morgan fingerprint density at radius 1 is 1.12 bits per heavy atom. The molecule has 0 unspecified atom stereocenters. The van der Waals surface area contributed by atoms with Crippen LogP contribution >= 0.6 is 46.1 Å². The summed E-state index contributed by atoms with van der Waals surface area (Å²) in [7, 11) is 0. The van der Waals surface area contributed by atoms with Gasteiger partial charge in [0.05, 0.1) is 21.4 Å². The van der Waals surface area contributed by atoms with Crippen LogP contribution in [0.3, 0.4) is 0 Å². The number of hydrazine groups is 1. The number of halogens is 3. The van der Waals surface area contributed by atoms with Gasteiger partial charge in [-0.2, -0.15) is 0 Å². The summed E-state index contributed by atoms with van der Waals surface area (Å²) >= 11 is 19.2. The van der Waals surface area contributed by atoms with Crippen LogP contribution in [0.25, 0.3) is 10.8 Å². The minimum atomic E-state index is -0.376. The fourth-order valence-corrected chi connectivity index (χ4v) is 3.77. The highest BCUT2D eigenvalue weighted by Crippen LogP contribution is 2.33. The molecule has 1 amide bonds. The summed E-state index contributed by atoms with van der Waals surface area (Å²) in [4.78, 5) is 25.4. The number of carbonyl (C=O) groups excluding carboxylic acids is 1. The lowest BCUT2D eigenvalue weighted by Gasteiger charge is -2.11. The first-order chi connectivity index (χ1) is 12.0. The Bertz CT molecular complexity index is 909. The van der Waals surface area contributed by atoms with Crippen LogP contribution in [0.5, 0.6) is 0 Å². The summed E-state index contributed by atoms with van der Waals surface area (Å²) in [5.41, 5.74) is 6.19. The second-order valence-corrected chi connectivity index (χ2v) is 7.08. The van der Waals surface area contributed by atoms with Gasteiger partial charge in [0, 0.05) is 17.4 Å². The molecule has 1 aromatic carbocycles. The highest BCUT2D eigenvalue weighted by Gasteiger charge is 2.18. The van der Waals surface area contributed by atoms with E-state index in [4.69, 9.17) is 34.8 Å². The molecular formula is C15H10Cl3N5OS. The van der Waals surface area contributed by atoms with Crippen LogP contribution < -0.4 is 10.9 Å². The average Bonchev–Trinajstić information content (AvgIpc) is 2.96. The molecule has 10 heteroatoms. The van der Waals surface area contributed by atoms with E-state index in [-0.39, 0.29) is 16.0 Å². The minimum Gasteiger partial charge on any atom is -0.295 e. The molecular weight excluding hydrogens is 405 g/mol. The molecule has 0 atom stereocenters. The van der Waals surface area contributed by atoms with E-state index in [0.29, 0.717) is 32.1 Å². The molecule has 0 aliphatic heterocycles. The van der Waals surface area contributed by atoms with E-state index in [9.17, 15) is 4.79 Å². The number of nitrogens with one attached hydrogen (secondary N) is 2. The van der Waals surface area contributed by atoms with Crippen molar-refractivity contribution in [3.63, 3.8) is 0 Å². The fraction of sp³-hybridized carbons (Fsp3) is 0.0667. The second-order valence-electron chi connectivity index (χ2n) is 4.83. The lowest BCUT2D eigenvalue weighted by atomic mass is 10.3. The van der Waals surface area contributed by atoms with Gasteiger partial charge < -0.3 is 0 Å². The third kappa shape index (κ3) is 4.01. The predicted molar refractivity (Wildman–Crippen MR) is 100 cm³/mol. The van der Waals surface area contributed by atoms with Gasteiger partial charge in [-0.05, 0) is 25.1 Å². The second kappa shape index (κ2) is 7.53. The molecule has 3 aromatic rings. The standard InChI is InChI=1S/C15H10Cl3N5OS/c1-7-12(25-15(21-7)13-19-3-2-4-20-13)14(24)23-22-11-9(17)5-8(16)6-10(11)18/h2-6,22H,1H3,(H,23,24). The average molecular weight is 415 g/mol. The van der Waals surface area contributed by atoms with Gasteiger partial charge in [0.1, 0.15) is 4.88 Å². The van der Waals surface area contributed by atoms with Crippen molar-refractivity contribution in [2.45, 2.75) is 6.92 Å². The third-order valence-electron chi connectivity index (χ3n) is 3.07. The van der Waals surface area contributed by atoms with Gasteiger partial charge in [-0.25, -0.2) is 15.0 Å². The molecule has 2 heterocycles. The molecule has 3 rings (SSSR count). The van der Waals surface area contributed by atoms with E-state index in [1.165, 1.54) is 23.5 Å². The molecule has 0 radical (unpaired) electrons. The Balaban J connectivity index is 1.78. The summed E-state index contributed by atoms with van der Waals surface area (Å²) in [6.45, 7) is 1.74. The number of aromatic nitrogens is 3. The van der Waals surface area contributed by atoms with E-state index in [0.717, 1.165) is 0 Å². The Hall–Kier alpha value is -1.93. The first-order valence-corrected chi connectivity index (χ1v) is 8.86. The number of rotatable bonds is 4. The molecule has 0 spiro atoms. The highest BCUT2D eigenvalue weighted by molar-refractivity contribution is 7.17. The number of hydrogen-bond acceptors (Lipinski definition) is 6. The van der Waals surface area contributed by atoms with E-state index < -0.39 is 0 Å². The van der Waals surface area contributed by atoms with Crippen molar-refractivity contribution in [3.8, 4) is 10.8 Å². The fourth-order valence-electron chi connectivity index (χ4n) is 1.95. The van der Waals surface area contributed by atoms with Gasteiger partial charge in [0.2, 0.25) is 0 Å². The summed E-state index contributed by atoms with van der Waals surface area (Å²) in [6.07, 6.45) is 3.23. The van der Waals surface area contributed by atoms with Crippen LogP contribution in [0.4, 0.5) is 5.69 Å². The summed E-state index contributed by atoms with van der Waals surface area (Å²) in [5, 5.41) is 1.54. The van der Waals surface area contributed by atoms with Crippen LogP contribution in [0.15, 0.2) is 30.6 Å². The normalized spacial score (nSPS) is 10.6. The number of hydrogen-bond donors (Lipinski definition) is 2. The van der Waals surface area contributed by atoms with Gasteiger partial charge in [-0.3, -0.25) is 15.6 Å². The molecule has 2 aromatic heterocycles. The molecule has 0 saturated heterocycles. The van der Waals surface area contributed by atoms with Crippen LogP contribution in [-0.2, 0) is 0 Å². The predicted octanol–water partition coefficient (Wildman–Crippen LogP) is 4.63. The van der Waals surface area contributed by atoms with Crippen molar-refractivity contribution in [1.82, 2.24) is 20.4 Å². The topological polar surface area (TPSA) is 79.8 Å². The van der Waals surface area contributed by atoms with Gasteiger partial charge in [-0.15, -0.1) is 11.3 Å². The van der Waals surface area contributed by atoms with Crippen molar-refractivity contribution in [2.24, 2.45) is 0 Å². The lowest BCUT2D eigenvalue weighted by Crippen LogP contribution is -2.29. The van der Waals surface area contributed by atoms with Gasteiger partial charge in [-0.1, -0.05) is 34.8 Å². The number of aryl methyl sites for hydroxylation is 1. The van der Waals surface area contributed by atoms with Crippen LogP contribution in [0, 0.1) is 6.92 Å². The molecule has 0 bridgehead atoms. The Morgan fingerprint density at radius 2 is 1.76 bits per heavy atom. The quantitative estimate of drug-likeness (QED) is 0.609. The molecule has 25 heavy (non-hydrogen) atoms. The smallest absolute Gasteiger partial charge is 0.281 e. The maximum Gasteiger partial charge on any atom is 0.281 e. The Kier molecular flexibility index (Phi) is 5.39. The van der Waals surface area contributed by atoms with Crippen molar-refractivity contribution in [3.05, 3.63) is 56.2 Å². The maximum absolute atomic E-state index is 12.4. The van der Waals surface area contributed by atoms with Crippen molar-refractivity contribution in [2.75, 3.05) is 5.43 Å². The number of amides is 1. The zero-order chi connectivity index (χ0) is 18.0. The largest absolute Gasteiger partial charge is 0.295 e. The van der Waals surface area contributed by atoms with E-state index in [2.05, 4.69) is 25.8 Å². The van der Waals surface area contributed by atoms with Crippen LogP contribution in [-0.4, -0.2) is 20.9 Å². The molecule has 0 aliphatic rings. The summed E-state index contributed by atoms with van der Waals surface area (Å²) in [5.74, 6) is 0.0886. The Morgan fingerprint density at radius 3 is 2.40 bits per heavy atom. The SMILES string of the molecule is Cc1nc(-c2ncccn2)sc1C(=O)NNc1c(Cl)cc(Cl)cc1Cl. The van der Waals surface area contributed by atoms with Crippen molar-refractivity contribution in [1.29, 1.82) is 0 Å². The van der Waals surface area contributed by atoms with Crippen molar-refractivity contribution >= 4 is 57.7 Å². The number of carbonyl (C=O) groups is 1. The zero-order valence-electron chi connectivity index (χ0n) is 12.7. The van der Waals surface area contributed by atoms with Crippen molar-refractivity contribution < 1.29 is 4.79 Å². The van der Waals surface area contributed by atoms with Gasteiger partial charge in [0.15, 0.2) is 10.8 Å². The van der Waals surface area contributed by atoms with Gasteiger partial charge in [0.25, 0.3) is 5.91 Å². The first-order valence-electron chi connectivity index (χ1n) is 6.91. The molecule has 128 valence electrons. The number of thiazole rings is 1. The molecule has 0 aliphatic carbocycles. The number of benzene rings is 1. The first kappa shape index (κ1) is 17.9. The molecule has 0 saturated carbocycles. The van der Waals surface area contributed by atoms with E-state index in [1.807, 2.05) is 0 Å². The van der Waals surface area contributed by atoms with E-state index >= 15 is 0 Å². The summed E-state index contributed by atoms with van der Waals surface area (Å²) in [6, 6.07) is 4.75. The summed E-state index contributed by atoms with van der Waals surface area (Å²) < 4.78 is 0. The molecule has 0 fully saturated rings.